The molecule has 1 fully saturated rings. The zero-order valence-corrected chi connectivity index (χ0v) is 8.37. The summed E-state index contributed by atoms with van der Waals surface area (Å²) in [5, 5.41) is 2.83. The molecular weight excluding hydrogens is 178 g/mol. The lowest BCUT2D eigenvalue weighted by atomic mass is 9.84. The number of amides is 1. The van der Waals surface area contributed by atoms with E-state index in [2.05, 4.69) is 15.3 Å². The molecule has 4 heteroatoms. The highest BCUT2D eigenvalue weighted by Crippen LogP contribution is 2.30. The van der Waals surface area contributed by atoms with Gasteiger partial charge in [-0.1, -0.05) is 6.92 Å². The summed E-state index contributed by atoms with van der Waals surface area (Å²) in [6, 6.07) is 0. The molecule has 2 rings (SSSR count). The Morgan fingerprint density at radius 1 is 1.43 bits per heavy atom. The largest absolute Gasteiger partial charge is 0.355 e. The lowest BCUT2D eigenvalue weighted by Crippen LogP contribution is -2.27. The lowest BCUT2D eigenvalue weighted by molar-refractivity contribution is -0.119. The average molecular weight is 191 g/mol. The van der Waals surface area contributed by atoms with Crippen LogP contribution in [0.1, 0.15) is 24.7 Å². The molecule has 0 bridgehead atoms. The van der Waals surface area contributed by atoms with Crippen molar-refractivity contribution < 1.29 is 4.79 Å². The molecule has 1 unspecified atom stereocenters. The van der Waals surface area contributed by atoms with Crippen molar-refractivity contribution in [3.05, 3.63) is 23.8 Å². The fraction of sp³-hybridized carbons (Fsp3) is 0.500. The maximum atomic E-state index is 11.2. The Bertz CT molecular complexity index is 377. The Balaban J connectivity index is 2.40. The SMILES string of the molecule is Cc1nccnc1C1(C)CNC(=O)C1. The molecular formula is C10H13N3O. The number of nitrogens with zero attached hydrogens (tertiary/aromatic N) is 2. The van der Waals surface area contributed by atoms with Gasteiger partial charge in [0, 0.05) is 30.8 Å². The van der Waals surface area contributed by atoms with E-state index in [0.29, 0.717) is 13.0 Å². The highest BCUT2D eigenvalue weighted by atomic mass is 16.1. The monoisotopic (exact) mass is 191 g/mol. The van der Waals surface area contributed by atoms with E-state index in [1.165, 1.54) is 0 Å². The average Bonchev–Trinajstić information content (AvgIpc) is 2.48. The first-order valence-corrected chi connectivity index (χ1v) is 4.67. The molecule has 2 heterocycles. The van der Waals surface area contributed by atoms with Crippen LogP contribution in [0.5, 0.6) is 0 Å². The van der Waals surface area contributed by atoms with Gasteiger partial charge >= 0.3 is 0 Å². The smallest absolute Gasteiger partial charge is 0.221 e. The summed E-state index contributed by atoms with van der Waals surface area (Å²) in [6.07, 6.45) is 3.86. The quantitative estimate of drug-likeness (QED) is 0.705. The molecule has 1 atom stereocenters. The summed E-state index contributed by atoms with van der Waals surface area (Å²) in [5.41, 5.74) is 1.65. The molecule has 74 valence electrons. The molecule has 0 saturated carbocycles. The van der Waals surface area contributed by atoms with E-state index >= 15 is 0 Å². The van der Waals surface area contributed by atoms with E-state index in [1.54, 1.807) is 12.4 Å². The standard InChI is InChI=1S/C10H13N3O/c1-7-9(12-4-3-11-7)10(2)5-8(14)13-6-10/h3-4H,5-6H2,1-2H3,(H,13,14). The van der Waals surface area contributed by atoms with Gasteiger partial charge in [-0.2, -0.15) is 0 Å². The molecule has 1 aromatic rings. The first kappa shape index (κ1) is 9.12. The van der Waals surface area contributed by atoms with Crippen molar-refractivity contribution in [2.24, 2.45) is 0 Å². The second-order valence-electron chi connectivity index (χ2n) is 4.00. The van der Waals surface area contributed by atoms with Crippen LogP contribution >= 0.6 is 0 Å². The van der Waals surface area contributed by atoms with Crippen LogP contribution in [-0.2, 0) is 10.2 Å². The molecule has 1 aliphatic rings. The Hall–Kier alpha value is -1.45. The second-order valence-corrected chi connectivity index (χ2v) is 4.00. The van der Waals surface area contributed by atoms with Crippen LogP contribution in [0.15, 0.2) is 12.4 Å². The number of nitrogens with one attached hydrogen (secondary N) is 1. The van der Waals surface area contributed by atoms with Crippen molar-refractivity contribution in [2.45, 2.75) is 25.7 Å². The topological polar surface area (TPSA) is 54.9 Å². The third-order valence-corrected chi connectivity index (χ3v) is 2.68. The maximum absolute atomic E-state index is 11.2. The number of carbonyl (C=O) groups is 1. The van der Waals surface area contributed by atoms with Crippen LogP contribution in [0.2, 0.25) is 0 Å². The third-order valence-electron chi connectivity index (χ3n) is 2.68. The van der Waals surface area contributed by atoms with Gasteiger partial charge in [-0.05, 0) is 6.92 Å². The highest BCUT2D eigenvalue weighted by Gasteiger charge is 2.37. The van der Waals surface area contributed by atoms with E-state index in [1.807, 2.05) is 13.8 Å². The number of aromatic nitrogens is 2. The van der Waals surface area contributed by atoms with Gasteiger partial charge in [0.1, 0.15) is 0 Å². The Morgan fingerprint density at radius 2 is 2.14 bits per heavy atom. The molecule has 1 amide bonds. The molecule has 0 aliphatic carbocycles. The molecule has 0 aromatic carbocycles. The van der Waals surface area contributed by atoms with Crippen LogP contribution < -0.4 is 5.32 Å². The highest BCUT2D eigenvalue weighted by molar-refractivity contribution is 5.80. The molecule has 1 N–H and O–H groups in total. The zero-order chi connectivity index (χ0) is 10.2. The van der Waals surface area contributed by atoms with Gasteiger partial charge in [0.05, 0.1) is 11.4 Å². The van der Waals surface area contributed by atoms with Gasteiger partial charge in [-0.15, -0.1) is 0 Å². The number of aryl methyl sites for hydroxylation is 1. The van der Waals surface area contributed by atoms with Gasteiger partial charge in [-0.25, -0.2) is 0 Å². The Kier molecular flexibility index (Phi) is 1.98. The predicted molar refractivity (Wildman–Crippen MR) is 51.7 cm³/mol. The summed E-state index contributed by atoms with van der Waals surface area (Å²) in [7, 11) is 0. The van der Waals surface area contributed by atoms with Crippen LogP contribution in [0.3, 0.4) is 0 Å². The minimum Gasteiger partial charge on any atom is -0.355 e. The van der Waals surface area contributed by atoms with Crippen molar-refractivity contribution in [3.63, 3.8) is 0 Å². The summed E-state index contributed by atoms with van der Waals surface area (Å²) in [6.45, 7) is 4.63. The van der Waals surface area contributed by atoms with E-state index < -0.39 is 0 Å². The first-order chi connectivity index (χ1) is 6.62. The van der Waals surface area contributed by atoms with Crippen molar-refractivity contribution in [3.8, 4) is 0 Å². The minimum atomic E-state index is -0.185. The molecule has 1 aliphatic heterocycles. The van der Waals surface area contributed by atoms with E-state index in [0.717, 1.165) is 11.4 Å². The molecule has 0 spiro atoms. The molecule has 14 heavy (non-hydrogen) atoms. The van der Waals surface area contributed by atoms with Crippen molar-refractivity contribution in [1.29, 1.82) is 0 Å². The van der Waals surface area contributed by atoms with Gasteiger partial charge < -0.3 is 5.32 Å². The fourth-order valence-electron chi connectivity index (χ4n) is 1.94. The number of hydrogen-bond acceptors (Lipinski definition) is 3. The zero-order valence-electron chi connectivity index (χ0n) is 8.37. The van der Waals surface area contributed by atoms with Crippen molar-refractivity contribution >= 4 is 5.91 Å². The van der Waals surface area contributed by atoms with Crippen molar-refractivity contribution in [1.82, 2.24) is 15.3 Å². The van der Waals surface area contributed by atoms with Crippen LogP contribution in [0, 0.1) is 6.92 Å². The second kappa shape index (κ2) is 3.04. The molecule has 1 saturated heterocycles. The summed E-state index contributed by atoms with van der Waals surface area (Å²) in [4.78, 5) is 19.7. The Morgan fingerprint density at radius 3 is 2.71 bits per heavy atom. The normalized spacial score (nSPS) is 26.3. The number of rotatable bonds is 1. The van der Waals surface area contributed by atoms with Gasteiger partial charge in [-0.3, -0.25) is 14.8 Å². The van der Waals surface area contributed by atoms with E-state index in [-0.39, 0.29) is 11.3 Å². The van der Waals surface area contributed by atoms with Gasteiger partial charge in [0.2, 0.25) is 5.91 Å². The number of hydrogen-bond donors (Lipinski definition) is 1. The van der Waals surface area contributed by atoms with Gasteiger partial charge in [0.15, 0.2) is 0 Å². The van der Waals surface area contributed by atoms with Crippen LogP contribution in [0.25, 0.3) is 0 Å². The lowest BCUT2D eigenvalue weighted by Gasteiger charge is -2.21. The summed E-state index contributed by atoms with van der Waals surface area (Å²) >= 11 is 0. The summed E-state index contributed by atoms with van der Waals surface area (Å²) < 4.78 is 0. The minimum absolute atomic E-state index is 0.0950. The van der Waals surface area contributed by atoms with E-state index in [4.69, 9.17) is 0 Å². The van der Waals surface area contributed by atoms with Crippen LogP contribution in [0.4, 0.5) is 0 Å². The molecule has 0 radical (unpaired) electrons. The fourth-order valence-corrected chi connectivity index (χ4v) is 1.94. The molecule has 4 nitrogen and oxygen atoms in total. The maximum Gasteiger partial charge on any atom is 0.221 e. The Labute approximate surface area is 82.8 Å². The molecule has 1 aromatic heterocycles. The predicted octanol–water partition coefficient (Wildman–Crippen LogP) is 0.563. The van der Waals surface area contributed by atoms with Gasteiger partial charge in [0.25, 0.3) is 0 Å². The summed E-state index contributed by atoms with van der Waals surface area (Å²) in [5.74, 6) is 0.0950. The first-order valence-electron chi connectivity index (χ1n) is 4.67. The van der Waals surface area contributed by atoms with Crippen LogP contribution in [-0.4, -0.2) is 22.4 Å². The third kappa shape index (κ3) is 1.36. The van der Waals surface area contributed by atoms with E-state index in [9.17, 15) is 4.79 Å². The van der Waals surface area contributed by atoms with Crippen molar-refractivity contribution in [2.75, 3.05) is 6.54 Å². The number of carbonyl (C=O) groups excluding carboxylic acids is 1.